The first-order chi connectivity index (χ1) is 9.79. The highest BCUT2D eigenvalue weighted by molar-refractivity contribution is 9.10. The van der Waals surface area contributed by atoms with Crippen molar-refractivity contribution in [3.63, 3.8) is 0 Å². The van der Waals surface area contributed by atoms with Crippen LogP contribution in [0, 0.1) is 5.92 Å². The van der Waals surface area contributed by atoms with E-state index < -0.39 is 0 Å². The van der Waals surface area contributed by atoms with Crippen molar-refractivity contribution in [3.8, 4) is 0 Å². The summed E-state index contributed by atoms with van der Waals surface area (Å²) in [6, 6.07) is 7.36. The zero-order valence-electron chi connectivity index (χ0n) is 12.4. The van der Waals surface area contributed by atoms with Crippen molar-refractivity contribution in [1.29, 1.82) is 0 Å². The molecule has 0 aromatic heterocycles. The number of halogens is 1. The third kappa shape index (κ3) is 2.95. The molecule has 1 heterocycles. The lowest BCUT2D eigenvalue weighted by molar-refractivity contribution is 0.158. The molecule has 0 bridgehead atoms. The van der Waals surface area contributed by atoms with Gasteiger partial charge in [-0.3, -0.25) is 4.90 Å². The van der Waals surface area contributed by atoms with Crippen molar-refractivity contribution in [2.75, 3.05) is 26.2 Å². The lowest BCUT2D eigenvalue weighted by atomic mass is 9.96. The molecular weight excluding hydrogens is 312 g/mol. The molecule has 2 nitrogen and oxygen atoms in total. The van der Waals surface area contributed by atoms with E-state index in [2.05, 4.69) is 51.3 Å². The lowest BCUT2D eigenvalue weighted by Gasteiger charge is -2.33. The number of fused-ring (bicyclic) bond motifs is 1. The Bertz CT molecular complexity index is 454. The quantitative estimate of drug-likeness (QED) is 0.900. The van der Waals surface area contributed by atoms with E-state index in [1.807, 2.05) is 0 Å². The molecule has 1 saturated heterocycles. The van der Waals surface area contributed by atoms with Crippen molar-refractivity contribution in [2.24, 2.45) is 5.92 Å². The molecule has 0 saturated carbocycles. The Labute approximate surface area is 131 Å². The molecule has 110 valence electrons. The predicted octanol–water partition coefficient (Wildman–Crippen LogP) is 3.76. The van der Waals surface area contributed by atoms with Gasteiger partial charge in [-0.15, -0.1) is 0 Å². The van der Waals surface area contributed by atoms with E-state index in [0.717, 1.165) is 5.92 Å². The van der Waals surface area contributed by atoms with E-state index in [1.165, 1.54) is 56.3 Å². The first-order valence-electron chi connectivity index (χ1n) is 8.01. The fourth-order valence-electron chi connectivity index (χ4n) is 3.84. The first-order valence-corrected chi connectivity index (χ1v) is 8.81. The summed E-state index contributed by atoms with van der Waals surface area (Å²) in [4.78, 5) is 2.72. The van der Waals surface area contributed by atoms with Crippen LogP contribution in [0.4, 0.5) is 0 Å². The first kappa shape index (κ1) is 14.6. The molecule has 1 aromatic rings. The Morgan fingerprint density at radius 3 is 2.80 bits per heavy atom. The van der Waals surface area contributed by atoms with Crippen molar-refractivity contribution in [3.05, 3.63) is 33.8 Å². The van der Waals surface area contributed by atoms with Gasteiger partial charge in [0.05, 0.1) is 0 Å². The second-order valence-electron chi connectivity index (χ2n) is 6.14. The topological polar surface area (TPSA) is 15.3 Å². The predicted molar refractivity (Wildman–Crippen MR) is 88.0 cm³/mol. The highest BCUT2D eigenvalue weighted by Gasteiger charge is 2.29. The summed E-state index contributed by atoms with van der Waals surface area (Å²) in [6.07, 6.45) is 5.20. The zero-order chi connectivity index (χ0) is 13.9. The smallest absolute Gasteiger partial charge is 0.0354 e. The number of benzene rings is 1. The largest absolute Gasteiger partial charge is 0.317 e. The number of rotatable bonds is 4. The molecule has 1 aromatic carbocycles. The standard InChI is InChI=1S/C17H25BrN2/c1-2-20(12-13-8-10-19-11-9-13)17-7-6-14-15(17)4-3-5-16(14)18/h3-5,13,17,19H,2,6-12H2,1H3. The molecule has 3 rings (SSSR count). The van der Waals surface area contributed by atoms with Gasteiger partial charge in [0.25, 0.3) is 0 Å². The third-order valence-corrected chi connectivity index (χ3v) is 5.72. The Morgan fingerprint density at radius 2 is 2.05 bits per heavy atom. The third-order valence-electron chi connectivity index (χ3n) is 4.98. The van der Waals surface area contributed by atoms with Crippen molar-refractivity contribution < 1.29 is 0 Å². The molecule has 0 spiro atoms. The average molecular weight is 337 g/mol. The minimum Gasteiger partial charge on any atom is -0.317 e. The van der Waals surface area contributed by atoms with Crippen LogP contribution in [-0.4, -0.2) is 31.1 Å². The zero-order valence-corrected chi connectivity index (χ0v) is 14.0. The Balaban J connectivity index is 1.73. The van der Waals surface area contributed by atoms with Gasteiger partial charge in [0.1, 0.15) is 0 Å². The molecule has 3 heteroatoms. The molecule has 1 aliphatic carbocycles. The Kier molecular flexibility index (Phi) is 4.79. The molecule has 1 unspecified atom stereocenters. The van der Waals surface area contributed by atoms with Crippen LogP contribution >= 0.6 is 15.9 Å². The number of hydrogen-bond donors (Lipinski definition) is 1. The molecule has 1 fully saturated rings. The van der Waals surface area contributed by atoms with Gasteiger partial charge >= 0.3 is 0 Å². The normalized spacial score (nSPS) is 23.2. The maximum Gasteiger partial charge on any atom is 0.0354 e. The van der Waals surface area contributed by atoms with Gasteiger partial charge in [-0.1, -0.05) is 35.0 Å². The Morgan fingerprint density at radius 1 is 1.25 bits per heavy atom. The molecular formula is C17H25BrN2. The van der Waals surface area contributed by atoms with Gasteiger partial charge in [0.15, 0.2) is 0 Å². The monoisotopic (exact) mass is 336 g/mol. The average Bonchev–Trinajstić information content (AvgIpc) is 2.91. The van der Waals surface area contributed by atoms with Gasteiger partial charge in [0, 0.05) is 17.1 Å². The van der Waals surface area contributed by atoms with E-state index in [1.54, 1.807) is 11.1 Å². The van der Waals surface area contributed by atoms with Crippen molar-refractivity contribution >= 4 is 15.9 Å². The molecule has 1 aliphatic heterocycles. The minimum atomic E-state index is 0.641. The van der Waals surface area contributed by atoms with Gasteiger partial charge < -0.3 is 5.32 Å². The molecule has 0 radical (unpaired) electrons. The molecule has 2 aliphatic rings. The number of piperidine rings is 1. The SMILES string of the molecule is CCN(CC1CCNCC1)C1CCc2c(Br)cccc21. The summed E-state index contributed by atoms with van der Waals surface area (Å²) in [5.41, 5.74) is 3.11. The summed E-state index contributed by atoms with van der Waals surface area (Å²) < 4.78 is 1.30. The van der Waals surface area contributed by atoms with Gasteiger partial charge in [-0.25, -0.2) is 0 Å². The fraction of sp³-hybridized carbons (Fsp3) is 0.647. The maximum atomic E-state index is 3.72. The summed E-state index contributed by atoms with van der Waals surface area (Å²) in [7, 11) is 0. The van der Waals surface area contributed by atoms with Crippen LogP contribution in [0.25, 0.3) is 0 Å². The van der Waals surface area contributed by atoms with Crippen LogP contribution in [0.1, 0.15) is 43.4 Å². The van der Waals surface area contributed by atoms with E-state index in [0.29, 0.717) is 6.04 Å². The maximum absolute atomic E-state index is 3.72. The number of nitrogens with one attached hydrogen (secondary N) is 1. The number of hydrogen-bond acceptors (Lipinski definition) is 2. The molecule has 20 heavy (non-hydrogen) atoms. The fourth-order valence-corrected chi connectivity index (χ4v) is 4.42. The van der Waals surface area contributed by atoms with Crippen molar-refractivity contribution in [2.45, 2.75) is 38.6 Å². The summed E-state index contributed by atoms with van der Waals surface area (Å²) in [5.74, 6) is 0.882. The minimum absolute atomic E-state index is 0.641. The lowest BCUT2D eigenvalue weighted by Crippen LogP contribution is -2.37. The van der Waals surface area contributed by atoms with Crippen LogP contribution in [0.5, 0.6) is 0 Å². The van der Waals surface area contributed by atoms with Gasteiger partial charge in [0.2, 0.25) is 0 Å². The van der Waals surface area contributed by atoms with Gasteiger partial charge in [-0.05, 0) is 68.4 Å². The summed E-state index contributed by atoms with van der Waals surface area (Å²) >= 11 is 3.72. The second-order valence-corrected chi connectivity index (χ2v) is 7.00. The van der Waals surface area contributed by atoms with Crippen LogP contribution in [-0.2, 0) is 6.42 Å². The molecule has 1 N–H and O–H groups in total. The van der Waals surface area contributed by atoms with Crippen LogP contribution in [0.2, 0.25) is 0 Å². The second kappa shape index (κ2) is 6.59. The Hall–Kier alpha value is -0.380. The van der Waals surface area contributed by atoms with Crippen LogP contribution < -0.4 is 5.32 Å². The van der Waals surface area contributed by atoms with Gasteiger partial charge in [-0.2, -0.15) is 0 Å². The number of nitrogens with zero attached hydrogens (tertiary/aromatic N) is 1. The highest BCUT2D eigenvalue weighted by atomic mass is 79.9. The van der Waals surface area contributed by atoms with E-state index in [4.69, 9.17) is 0 Å². The van der Waals surface area contributed by atoms with E-state index >= 15 is 0 Å². The molecule has 1 atom stereocenters. The highest BCUT2D eigenvalue weighted by Crippen LogP contribution is 2.39. The molecule has 0 amide bonds. The van der Waals surface area contributed by atoms with Crippen LogP contribution in [0.15, 0.2) is 22.7 Å². The van der Waals surface area contributed by atoms with Crippen LogP contribution in [0.3, 0.4) is 0 Å². The van der Waals surface area contributed by atoms with Crippen molar-refractivity contribution in [1.82, 2.24) is 10.2 Å². The summed E-state index contributed by atoms with van der Waals surface area (Å²) in [6.45, 7) is 7.16. The van der Waals surface area contributed by atoms with E-state index in [-0.39, 0.29) is 0 Å². The van der Waals surface area contributed by atoms with E-state index in [9.17, 15) is 0 Å². The summed E-state index contributed by atoms with van der Waals surface area (Å²) in [5, 5.41) is 3.47.